The number of rotatable bonds is 2. The number of carbonyl (C=O) groups is 2. The van der Waals surface area contributed by atoms with Crippen LogP contribution in [0.3, 0.4) is 0 Å². The fourth-order valence-electron chi connectivity index (χ4n) is 1.82. The Morgan fingerprint density at radius 1 is 1.32 bits per heavy atom. The molecule has 19 heavy (non-hydrogen) atoms. The van der Waals surface area contributed by atoms with Gasteiger partial charge in [-0.1, -0.05) is 13.8 Å². The third kappa shape index (κ3) is 2.78. The topological polar surface area (TPSA) is 59.6 Å². The summed E-state index contributed by atoms with van der Waals surface area (Å²) in [7, 11) is 0. The maximum Gasteiger partial charge on any atom is 0.313 e. The number of aliphatic imine (C=N–C) groups is 1. The molecule has 0 radical (unpaired) electrons. The van der Waals surface area contributed by atoms with Crippen molar-refractivity contribution in [3.05, 3.63) is 47.5 Å². The maximum atomic E-state index is 11.9. The van der Waals surface area contributed by atoms with Crippen LogP contribution in [0, 0.1) is 5.92 Å². The summed E-state index contributed by atoms with van der Waals surface area (Å²) in [4.78, 5) is 27.7. The Balaban J connectivity index is 2.35. The first-order valence-corrected chi connectivity index (χ1v) is 6.10. The molecular weight excluding hydrogens is 242 g/mol. The summed E-state index contributed by atoms with van der Waals surface area (Å²) in [5.74, 6) is -0.171. The number of carbonyl (C=O) groups excluding carboxylic acids is 2. The van der Waals surface area contributed by atoms with Crippen molar-refractivity contribution >= 4 is 17.4 Å². The van der Waals surface area contributed by atoms with Crippen LogP contribution in [0.25, 0.3) is 0 Å². The molecule has 0 unspecified atom stereocenters. The summed E-state index contributed by atoms with van der Waals surface area (Å²) in [5.41, 5.74) is 1.87. The predicted octanol–water partition coefficient (Wildman–Crippen LogP) is 2.97. The quantitative estimate of drug-likeness (QED) is 0.765. The van der Waals surface area contributed by atoms with Gasteiger partial charge in [-0.15, -0.1) is 0 Å². The van der Waals surface area contributed by atoms with Crippen LogP contribution in [0.15, 0.2) is 51.1 Å². The Morgan fingerprint density at radius 3 is 2.63 bits per heavy atom. The average molecular weight is 257 g/mol. The fourth-order valence-corrected chi connectivity index (χ4v) is 1.82. The molecule has 1 amide bonds. The number of hydrogen-bond donors (Lipinski definition) is 0. The summed E-state index contributed by atoms with van der Waals surface area (Å²) in [5, 5.41) is 0. The van der Waals surface area contributed by atoms with Gasteiger partial charge >= 0.3 is 5.91 Å². The molecule has 1 aromatic heterocycles. The molecule has 0 bridgehead atoms. The van der Waals surface area contributed by atoms with Crippen molar-refractivity contribution in [1.29, 1.82) is 0 Å². The van der Waals surface area contributed by atoms with Crippen molar-refractivity contribution in [2.24, 2.45) is 10.9 Å². The monoisotopic (exact) mass is 257 g/mol. The highest BCUT2D eigenvalue weighted by Crippen LogP contribution is 2.19. The highest BCUT2D eigenvalue weighted by molar-refractivity contribution is 6.24. The van der Waals surface area contributed by atoms with Crippen LogP contribution >= 0.6 is 0 Å². The number of nitrogens with zero attached hydrogens (tertiary/aromatic N) is 1. The van der Waals surface area contributed by atoms with Gasteiger partial charge in [0, 0.05) is 5.57 Å². The second-order valence-corrected chi connectivity index (χ2v) is 4.73. The third-order valence-electron chi connectivity index (χ3n) is 2.90. The van der Waals surface area contributed by atoms with Crippen molar-refractivity contribution in [3.8, 4) is 0 Å². The van der Waals surface area contributed by atoms with Gasteiger partial charge in [0.05, 0.1) is 12.0 Å². The van der Waals surface area contributed by atoms with E-state index in [4.69, 9.17) is 4.42 Å². The third-order valence-corrected chi connectivity index (χ3v) is 2.90. The van der Waals surface area contributed by atoms with Gasteiger partial charge in [0.15, 0.2) is 11.5 Å². The summed E-state index contributed by atoms with van der Waals surface area (Å²) in [6, 6.07) is 3.20. The Morgan fingerprint density at radius 2 is 2.05 bits per heavy atom. The van der Waals surface area contributed by atoms with Gasteiger partial charge in [-0.25, -0.2) is 4.99 Å². The van der Waals surface area contributed by atoms with E-state index in [0.29, 0.717) is 16.9 Å². The second kappa shape index (κ2) is 5.18. The van der Waals surface area contributed by atoms with Gasteiger partial charge in [0.2, 0.25) is 0 Å². The van der Waals surface area contributed by atoms with Crippen LogP contribution < -0.4 is 0 Å². The van der Waals surface area contributed by atoms with Crippen molar-refractivity contribution < 1.29 is 14.0 Å². The maximum absolute atomic E-state index is 11.9. The van der Waals surface area contributed by atoms with Crippen LogP contribution in [0.4, 0.5) is 0 Å². The smallest absolute Gasteiger partial charge is 0.313 e. The molecule has 0 saturated heterocycles. The van der Waals surface area contributed by atoms with E-state index in [0.717, 1.165) is 0 Å². The number of amides is 1. The van der Waals surface area contributed by atoms with E-state index in [9.17, 15) is 9.59 Å². The van der Waals surface area contributed by atoms with Gasteiger partial charge < -0.3 is 4.42 Å². The molecule has 0 spiro atoms. The van der Waals surface area contributed by atoms with E-state index >= 15 is 0 Å². The zero-order valence-corrected chi connectivity index (χ0v) is 11.1. The van der Waals surface area contributed by atoms with E-state index in [2.05, 4.69) is 4.99 Å². The minimum atomic E-state index is -0.443. The van der Waals surface area contributed by atoms with Gasteiger partial charge in [-0.3, -0.25) is 9.59 Å². The molecule has 4 heteroatoms. The van der Waals surface area contributed by atoms with Gasteiger partial charge in [0.25, 0.3) is 0 Å². The van der Waals surface area contributed by atoms with Crippen LogP contribution in [0.1, 0.15) is 31.3 Å². The van der Waals surface area contributed by atoms with E-state index < -0.39 is 5.91 Å². The van der Waals surface area contributed by atoms with Crippen molar-refractivity contribution in [1.82, 2.24) is 0 Å². The summed E-state index contributed by atoms with van der Waals surface area (Å²) < 4.78 is 5.00. The molecule has 1 aliphatic carbocycles. The number of hydrogen-bond acceptors (Lipinski definition) is 3. The van der Waals surface area contributed by atoms with Crippen LogP contribution in [-0.2, 0) is 4.79 Å². The van der Waals surface area contributed by atoms with Crippen LogP contribution in [0.5, 0.6) is 0 Å². The normalized spacial score (nSPS) is 17.7. The van der Waals surface area contributed by atoms with Crippen molar-refractivity contribution in [3.63, 3.8) is 0 Å². The van der Waals surface area contributed by atoms with E-state index in [1.807, 2.05) is 13.8 Å². The summed E-state index contributed by atoms with van der Waals surface area (Å²) in [6.45, 7) is 5.63. The fraction of sp³-hybridized carbons (Fsp3) is 0.267. The average Bonchev–Trinajstić information content (AvgIpc) is 2.85. The molecule has 98 valence electrons. The zero-order chi connectivity index (χ0) is 14.0. The molecule has 0 saturated carbocycles. The minimum absolute atomic E-state index is 0.0168. The van der Waals surface area contributed by atoms with Gasteiger partial charge in [0.1, 0.15) is 0 Å². The highest BCUT2D eigenvalue weighted by atomic mass is 16.3. The number of furan rings is 1. The molecule has 1 heterocycles. The molecule has 0 fully saturated rings. The largest absolute Gasteiger partial charge is 0.459 e. The Bertz CT molecular complexity index is 601. The van der Waals surface area contributed by atoms with Crippen molar-refractivity contribution in [2.75, 3.05) is 0 Å². The molecule has 2 rings (SSSR count). The Hall–Kier alpha value is -2.23. The van der Waals surface area contributed by atoms with Crippen LogP contribution in [-0.4, -0.2) is 17.4 Å². The lowest BCUT2D eigenvalue weighted by molar-refractivity contribution is -0.111. The number of allylic oxidation sites excluding steroid dienone is 4. The molecule has 0 aliphatic heterocycles. The molecule has 1 aliphatic rings. The Labute approximate surface area is 111 Å². The first kappa shape index (κ1) is 13.2. The lowest BCUT2D eigenvalue weighted by Gasteiger charge is -2.14. The summed E-state index contributed by atoms with van der Waals surface area (Å²) in [6.07, 6.45) is 4.63. The molecule has 1 aromatic rings. The SMILES string of the molecule is CC1=CC(=O)C(C(C)C)=CC1=NC(=O)c1ccco1. The molecule has 0 atom stereocenters. The van der Waals surface area contributed by atoms with Gasteiger partial charge in [-0.2, -0.15) is 0 Å². The lowest BCUT2D eigenvalue weighted by atomic mass is 9.90. The first-order chi connectivity index (χ1) is 8.99. The zero-order valence-electron chi connectivity index (χ0n) is 11.1. The number of ketones is 1. The van der Waals surface area contributed by atoms with Crippen LogP contribution in [0.2, 0.25) is 0 Å². The molecule has 0 aromatic carbocycles. The van der Waals surface area contributed by atoms with E-state index in [-0.39, 0.29) is 17.5 Å². The Kier molecular flexibility index (Phi) is 3.60. The van der Waals surface area contributed by atoms with E-state index in [1.165, 1.54) is 12.3 Å². The molecule has 0 N–H and O–H groups in total. The lowest BCUT2D eigenvalue weighted by Crippen LogP contribution is -2.16. The predicted molar refractivity (Wildman–Crippen MR) is 72.2 cm³/mol. The summed E-state index contributed by atoms with van der Waals surface area (Å²) >= 11 is 0. The highest BCUT2D eigenvalue weighted by Gasteiger charge is 2.19. The minimum Gasteiger partial charge on any atom is -0.459 e. The first-order valence-electron chi connectivity index (χ1n) is 6.10. The van der Waals surface area contributed by atoms with Crippen molar-refractivity contribution in [2.45, 2.75) is 20.8 Å². The second-order valence-electron chi connectivity index (χ2n) is 4.73. The standard InChI is InChI=1S/C15H15NO3/c1-9(2)11-8-12(10(3)7-13(11)17)16-15(18)14-5-4-6-19-14/h4-9H,1-3H3. The molecular formula is C15H15NO3. The van der Waals surface area contributed by atoms with Gasteiger partial charge in [-0.05, 0) is 42.7 Å². The van der Waals surface area contributed by atoms with E-state index in [1.54, 1.807) is 25.1 Å². The molecule has 4 nitrogen and oxygen atoms in total.